The van der Waals surface area contributed by atoms with Crippen LogP contribution in [0.2, 0.25) is 0 Å². The highest BCUT2D eigenvalue weighted by Crippen LogP contribution is 2.19. The van der Waals surface area contributed by atoms with E-state index in [-0.39, 0.29) is 12.6 Å². The van der Waals surface area contributed by atoms with E-state index in [1.165, 1.54) is 13.3 Å². The van der Waals surface area contributed by atoms with E-state index in [9.17, 15) is 9.59 Å². The Morgan fingerprint density at radius 1 is 1.48 bits per heavy atom. The molecule has 2 rings (SSSR count). The highest BCUT2D eigenvalue weighted by molar-refractivity contribution is 5.89. The van der Waals surface area contributed by atoms with Crippen molar-refractivity contribution >= 4 is 17.7 Å². The number of pyridine rings is 1. The molecule has 8 heteroatoms. The van der Waals surface area contributed by atoms with Crippen molar-refractivity contribution in [2.45, 2.75) is 25.0 Å². The number of carbonyl (C=O) groups excluding carboxylic acids is 1. The first-order chi connectivity index (χ1) is 10.1. The molecule has 114 valence electrons. The average Bonchev–Trinajstić information content (AvgIpc) is 2.95. The van der Waals surface area contributed by atoms with Gasteiger partial charge in [0.15, 0.2) is 6.10 Å². The summed E-state index contributed by atoms with van der Waals surface area (Å²) in [5.41, 5.74) is 0.532. The number of carbonyl (C=O) groups is 2. The number of nitrogens with zero attached hydrogens (tertiary/aromatic N) is 1. The number of hydrogen-bond donors (Lipinski definition) is 3. The second kappa shape index (κ2) is 6.89. The Hall–Kier alpha value is -2.35. The number of aromatic nitrogens is 1. The predicted molar refractivity (Wildman–Crippen MR) is 73.3 cm³/mol. The molecule has 2 unspecified atom stereocenters. The molecule has 0 aromatic carbocycles. The predicted octanol–water partition coefficient (Wildman–Crippen LogP) is 0.844. The smallest absolute Gasteiger partial charge is 0.332 e. The van der Waals surface area contributed by atoms with Gasteiger partial charge in [0.25, 0.3) is 0 Å². The van der Waals surface area contributed by atoms with Crippen molar-refractivity contribution in [1.82, 2.24) is 10.3 Å². The normalized spacial score (nSPS) is 20.8. The summed E-state index contributed by atoms with van der Waals surface area (Å²) < 4.78 is 10.2. The van der Waals surface area contributed by atoms with Crippen molar-refractivity contribution < 1.29 is 24.2 Å². The van der Waals surface area contributed by atoms with E-state index in [2.05, 4.69) is 15.6 Å². The fraction of sp³-hybridized carbons (Fsp3) is 0.462. The molecule has 1 aliphatic heterocycles. The number of anilines is 1. The number of carboxylic acid groups (broad SMARTS) is 1. The van der Waals surface area contributed by atoms with Crippen molar-refractivity contribution in [3.63, 3.8) is 0 Å². The zero-order valence-corrected chi connectivity index (χ0v) is 11.5. The van der Waals surface area contributed by atoms with Crippen LogP contribution < -0.4 is 15.4 Å². The van der Waals surface area contributed by atoms with E-state index >= 15 is 0 Å². The minimum atomic E-state index is -0.966. The highest BCUT2D eigenvalue weighted by atomic mass is 16.5. The Morgan fingerprint density at radius 3 is 2.86 bits per heavy atom. The zero-order chi connectivity index (χ0) is 15.2. The summed E-state index contributed by atoms with van der Waals surface area (Å²) in [6.45, 7) is 0.263. The Labute approximate surface area is 121 Å². The topological polar surface area (TPSA) is 110 Å². The Kier molecular flexibility index (Phi) is 4.94. The van der Waals surface area contributed by atoms with Crippen molar-refractivity contribution in [2.24, 2.45) is 0 Å². The van der Waals surface area contributed by atoms with E-state index in [1.807, 2.05) is 0 Å². The van der Waals surface area contributed by atoms with E-state index in [1.54, 1.807) is 12.1 Å². The first-order valence-corrected chi connectivity index (χ1v) is 6.51. The molecule has 0 aliphatic carbocycles. The van der Waals surface area contributed by atoms with Gasteiger partial charge in [0.1, 0.15) is 0 Å². The van der Waals surface area contributed by atoms with E-state index in [0.29, 0.717) is 24.4 Å². The molecule has 1 aromatic heterocycles. The number of amides is 2. The zero-order valence-electron chi connectivity index (χ0n) is 11.5. The van der Waals surface area contributed by atoms with Gasteiger partial charge in [-0.1, -0.05) is 0 Å². The molecule has 0 saturated carbocycles. The molecule has 21 heavy (non-hydrogen) atoms. The summed E-state index contributed by atoms with van der Waals surface area (Å²) in [6.07, 6.45) is 1.51. The molecule has 1 aliphatic rings. The summed E-state index contributed by atoms with van der Waals surface area (Å²) in [5, 5.41) is 14.0. The van der Waals surface area contributed by atoms with E-state index in [4.69, 9.17) is 14.6 Å². The SMILES string of the molecule is COc1ccc(NC(=O)NCC2CCC(C(=O)O)O2)cn1. The lowest BCUT2D eigenvalue weighted by atomic mass is 10.2. The highest BCUT2D eigenvalue weighted by Gasteiger charge is 2.30. The van der Waals surface area contributed by atoms with Gasteiger partial charge in [0.05, 0.1) is 25.1 Å². The van der Waals surface area contributed by atoms with Crippen LogP contribution in [0.4, 0.5) is 10.5 Å². The standard InChI is InChI=1S/C13H17N3O5/c1-20-11-5-2-8(6-14-11)16-13(19)15-7-9-3-4-10(21-9)12(17)18/h2,5-6,9-10H,3-4,7H2,1H3,(H,17,18)(H2,15,16,19). The number of nitrogens with one attached hydrogen (secondary N) is 2. The van der Waals surface area contributed by atoms with Crippen LogP contribution in [-0.2, 0) is 9.53 Å². The third-order valence-corrected chi connectivity index (χ3v) is 3.08. The maximum atomic E-state index is 11.7. The molecule has 2 atom stereocenters. The summed E-state index contributed by atoms with van der Waals surface area (Å²) in [7, 11) is 1.51. The Morgan fingerprint density at radius 2 is 2.29 bits per heavy atom. The van der Waals surface area contributed by atoms with Crippen molar-refractivity contribution in [3.05, 3.63) is 18.3 Å². The lowest BCUT2D eigenvalue weighted by Gasteiger charge is -2.13. The third-order valence-electron chi connectivity index (χ3n) is 3.08. The monoisotopic (exact) mass is 295 g/mol. The minimum absolute atomic E-state index is 0.263. The van der Waals surface area contributed by atoms with Gasteiger partial charge < -0.3 is 25.2 Å². The number of carboxylic acids is 1. The molecular weight excluding hydrogens is 278 g/mol. The maximum Gasteiger partial charge on any atom is 0.332 e. The minimum Gasteiger partial charge on any atom is -0.481 e. The van der Waals surface area contributed by atoms with Crippen molar-refractivity contribution in [3.8, 4) is 5.88 Å². The number of hydrogen-bond acceptors (Lipinski definition) is 5. The third kappa shape index (κ3) is 4.32. The van der Waals surface area contributed by atoms with Crippen LogP contribution in [0.3, 0.4) is 0 Å². The van der Waals surface area contributed by atoms with Crippen LogP contribution in [0.5, 0.6) is 5.88 Å². The van der Waals surface area contributed by atoms with Gasteiger partial charge in [0, 0.05) is 12.6 Å². The second-order valence-corrected chi connectivity index (χ2v) is 4.59. The van der Waals surface area contributed by atoms with Crippen molar-refractivity contribution in [1.29, 1.82) is 0 Å². The average molecular weight is 295 g/mol. The van der Waals surface area contributed by atoms with Crippen LogP contribution in [-0.4, -0.2) is 48.0 Å². The summed E-state index contributed by atoms with van der Waals surface area (Å²) in [6, 6.07) is 2.90. The number of ether oxygens (including phenoxy) is 2. The number of aliphatic carboxylic acids is 1. The van der Waals surface area contributed by atoms with Gasteiger partial charge in [-0.05, 0) is 18.9 Å². The molecule has 1 aromatic rings. The largest absolute Gasteiger partial charge is 0.481 e. The lowest BCUT2D eigenvalue weighted by molar-refractivity contribution is -0.149. The number of rotatable bonds is 5. The first kappa shape index (κ1) is 15.0. The molecule has 0 spiro atoms. The van der Waals surface area contributed by atoms with Gasteiger partial charge in [0.2, 0.25) is 5.88 Å². The molecule has 0 radical (unpaired) electrons. The molecule has 1 saturated heterocycles. The molecule has 2 amide bonds. The van der Waals surface area contributed by atoms with Crippen LogP contribution in [0, 0.1) is 0 Å². The van der Waals surface area contributed by atoms with Crippen LogP contribution >= 0.6 is 0 Å². The fourth-order valence-corrected chi connectivity index (χ4v) is 1.99. The number of urea groups is 1. The summed E-state index contributed by atoms with van der Waals surface area (Å²) in [5.74, 6) is -0.508. The molecule has 8 nitrogen and oxygen atoms in total. The number of methoxy groups -OCH3 is 1. The van der Waals surface area contributed by atoms with Crippen LogP contribution in [0.1, 0.15) is 12.8 Å². The Bertz CT molecular complexity index is 505. The Balaban J connectivity index is 1.73. The van der Waals surface area contributed by atoms with Gasteiger partial charge in [-0.2, -0.15) is 0 Å². The fourth-order valence-electron chi connectivity index (χ4n) is 1.99. The quantitative estimate of drug-likeness (QED) is 0.742. The maximum absolute atomic E-state index is 11.7. The molecule has 2 heterocycles. The van der Waals surface area contributed by atoms with Crippen molar-refractivity contribution in [2.75, 3.05) is 19.0 Å². The molecule has 1 fully saturated rings. The first-order valence-electron chi connectivity index (χ1n) is 6.51. The van der Waals surface area contributed by atoms with Gasteiger partial charge >= 0.3 is 12.0 Å². The summed E-state index contributed by atoms with van der Waals surface area (Å²) >= 11 is 0. The summed E-state index contributed by atoms with van der Waals surface area (Å²) in [4.78, 5) is 26.4. The van der Waals surface area contributed by atoms with Gasteiger partial charge in [-0.25, -0.2) is 14.6 Å². The molecule has 3 N–H and O–H groups in total. The van der Waals surface area contributed by atoms with Gasteiger partial charge in [-0.15, -0.1) is 0 Å². The second-order valence-electron chi connectivity index (χ2n) is 4.59. The van der Waals surface area contributed by atoms with E-state index in [0.717, 1.165) is 0 Å². The molecular formula is C13H17N3O5. The van der Waals surface area contributed by atoms with E-state index < -0.39 is 18.1 Å². The lowest BCUT2D eigenvalue weighted by Crippen LogP contribution is -2.35. The molecule has 0 bridgehead atoms. The van der Waals surface area contributed by atoms with Crippen LogP contribution in [0.25, 0.3) is 0 Å². The van der Waals surface area contributed by atoms with Crippen LogP contribution in [0.15, 0.2) is 18.3 Å². The van der Waals surface area contributed by atoms with Gasteiger partial charge in [-0.3, -0.25) is 0 Å².